The Morgan fingerprint density at radius 3 is 2.46 bits per heavy atom. The second-order valence-corrected chi connectivity index (χ2v) is 9.30. The molecule has 0 bridgehead atoms. The predicted molar refractivity (Wildman–Crippen MR) is 146 cm³/mol. The monoisotopic (exact) mass is 560 g/mol. The van der Waals surface area contributed by atoms with Crippen molar-refractivity contribution in [1.82, 2.24) is 0 Å². The number of methoxy groups -OCH3 is 2. The third-order valence-electron chi connectivity index (χ3n) is 6.88. The maximum Gasteiger partial charge on any atom is 0.336 e. The smallest absolute Gasteiger partial charge is 0.336 e. The number of aliphatic carboxylic acids is 1. The molecule has 2 aliphatic rings. The van der Waals surface area contributed by atoms with Gasteiger partial charge in [-0.05, 0) is 30.4 Å². The second kappa shape index (κ2) is 12.0. The van der Waals surface area contributed by atoms with Crippen LogP contribution in [-0.2, 0) is 22.6 Å². The molecular formula is C31H28O10. The molecule has 10 nitrogen and oxygen atoms in total. The van der Waals surface area contributed by atoms with E-state index in [1.165, 1.54) is 26.5 Å². The number of aromatic carboxylic acids is 1. The van der Waals surface area contributed by atoms with Crippen molar-refractivity contribution in [3.63, 3.8) is 0 Å². The first-order valence-electron chi connectivity index (χ1n) is 12.7. The zero-order valence-electron chi connectivity index (χ0n) is 22.4. The van der Waals surface area contributed by atoms with Gasteiger partial charge in [0.1, 0.15) is 30.0 Å². The molecule has 2 aliphatic heterocycles. The van der Waals surface area contributed by atoms with Crippen LogP contribution in [0.25, 0.3) is 0 Å². The Morgan fingerprint density at radius 1 is 0.951 bits per heavy atom. The van der Waals surface area contributed by atoms with Crippen molar-refractivity contribution >= 4 is 11.9 Å². The van der Waals surface area contributed by atoms with Gasteiger partial charge in [0, 0.05) is 46.7 Å². The lowest BCUT2D eigenvalue weighted by molar-refractivity contribution is -0.132. The minimum Gasteiger partial charge on any atom is -0.497 e. The molecule has 0 saturated carbocycles. The van der Waals surface area contributed by atoms with Gasteiger partial charge in [-0.1, -0.05) is 24.3 Å². The van der Waals surface area contributed by atoms with Crippen LogP contribution in [0.2, 0.25) is 0 Å². The number of fused-ring (bicyclic) bond motifs is 1. The number of hydrogen-bond acceptors (Lipinski definition) is 8. The van der Waals surface area contributed by atoms with Crippen LogP contribution >= 0.6 is 0 Å². The third-order valence-corrected chi connectivity index (χ3v) is 6.88. The molecule has 2 heterocycles. The first kappa shape index (κ1) is 27.4. The number of ether oxygens (including phenoxy) is 6. The summed E-state index contributed by atoms with van der Waals surface area (Å²) in [5.41, 5.74) is 2.10. The fraction of sp³-hybridized carbons (Fsp3) is 0.226. The number of carbonyl (C=O) groups is 2. The average Bonchev–Trinajstić information content (AvgIpc) is 3.64. The van der Waals surface area contributed by atoms with E-state index in [0.717, 1.165) is 5.56 Å². The molecule has 10 heteroatoms. The van der Waals surface area contributed by atoms with Crippen molar-refractivity contribution in [3.05, 3.63) is 101 Å². The number of carboxylic acids is 2. The SMILES string of the molecule is COc1ccc(C2C=COC2/C=C(\Cc2cc3c(cc2OC)OCO3)C(=O)O)c(OCc2ccccc2C(=O)O)c1. The van der Waals surface area contributed by atoms with E-state index in [0.29, 0.717) is 39.9 Å². The standard InChI is InChI=1S/C31H28O10/c1-36-21-7-8-23(27(14-21)39-16-18-5-3-4-6-22(18)31(34)35)24-9-10-38-26(24)13-20(30(32)33)11-19-12-28-29(41-17-40-28)15-25(19)37-2/h3-10,12-15,24,26H,11,16-17H2,1-2H3,(H,32,33)(H,34,35)/b20-13+. The van der Waals surface area contributed by atoms with Crippen molar-refractivity contribution in [2.45, 2.75) is 25.0 Å². The largest absolute Gasteiger partial charge is 0.497 e. The molecule has 2 unspecified atom stereocenters. The third kappa shape index (κ3) is 5.91. The molecule has 2 atom stereocenters. The highest BCUT2D eigenvalue weighted by Crippen LogP contribution is 2.41. The Balaban J connectivity index is 1.43. The molecule has 0 aliphatic carbocycles. The van der Waals surface area contributed by atoms with Gasteiger partial charge in [-0.15, -0.1) is 0 Å². The lowest BCUT2D eigenvalue weighted by atomic mass is 9.91. The zero-order chi connectivity index (χ0) is 28.9. The lowest BCUT2D eigenvalue weighted by Crippen LogP contribution is -2.17. The van der Waals surface area contributed by atoms with Crippen molar-refractivity contribution in [2.24, 2.45) is 0 Å². The molecule has 5 rings (SSSR count). The van der Waals surface area contributed by atoms with Crippen LogP contribution < -0.4 is 23.7 Å². The van der Waals surface area contributed by atoms with Crippen LogP contribution in [0.3, 0.4) is 0 Å². The fourth-order valence-corrected chi connectivity index (χ4v) is 4.79. The maximum absolute atomic E-state index is 12.3. The Morgan fingerprint density at radius 2 is 1.73 bits per heavy atom. The van der Waals surface area contributed by atoms with Gasteiger partial charge < -0.3 is 38.6 Å². The van der Waals surface area contributed by atoms with E-state index in [2.05, 4.69) is 0 Å². The molecule has 0 saturated heterocycles. The van der Waals surface area contributed by atoms with Gasteiger partial charge in [0.05, 0.1) is 26.0 Å². The Kier molecular flexibility index (Phi) is 8.00. The van der Waals surface area contributed by atoms with Crippen molar-refractivity contribution in [1.29, 1.82) is 0 Å². The topological polar surface area (TPSA) is 130 Å². The quantitative estimate of drug-likeness (QED) is 0.310. The van der Waals surface area contributed by atoms with Gasteiger partial charge >= 0.3 is 11.9 Å². The molecule has 0 fully saturated rings. The van der Waals surface area contributed by atoms with E-state index in [1.54, 1.807) is 48.5 Å². The Hall–Kier alpha value is -5.12. The molecule has 0 amide bonds. The van der Waals surface area contributed by atoms with E-state index in [4.69, 9.17) is 28.4 Å². The van der Waals surface area contributed by atoms with Crippen LogP contribution in [0, 0.1) is 0 Å². The van der Waals surface area contributed by atoms with Crippen molar-refractivity contribution in [3.8, 4) is 28.7 Å². The summed E-state index contributed by atoms with van der Waals surface area (Å²) in [4.78, 5) is 24.0. The maximum atomic E-state index is 12.3. The van der Waals surface area contributed by atoms with Gasteiger partial charge in [0.15, 0.2) is 11.5 Å². The molecule has 2 N–H and O–H groups in total. The highest BCUT2D eigenvalue weighted by atomic mass is 16.7. The average molecular weight is 561 g/mol. The van der Waals surface area contributed by atoms with E-state index in [9.17, 15) is 19.8 Å². The fourth-order valence-electron chi connectivity index (χ4n) is 4.79. The molecule has 41 heavy (non-hydrogen) atoms. The van der Waals surface area contributed by atoms with E-state index < -0.39 is 24.0 Å². The van der Waals surface area contributed by atoms with Gasteiger partial charge in [-0.25, -0.2) is 9.59 Å². The summed E-state index contributed by atoms with van der Waals surface area (Å²) in [6.07, 6.45) is 4.33. The summed E-state index contributed by atoms with van der Waals surface area (Å²) in [5, 5.41) is 19.6. The summed E-state index contributed by atoms with van der Waals surface area (Å²) in [6.45, 7) is 0.0890. The summed E-state index contributed by atoms with van der Waals surface area (Å²) < 4.78 is 33.7. The van der Waals surface area contributed by atoms with Crippen LogP contribution in [0.1, 0.15) is 33.0 Å². The van der Waals surface area contributed by atoms with Gasteiger partial charge in [0.2, 0.25) is 6.79 Å². The van der Waals surface area contributed by atoms with E-state index >= 15 is 0 Å². The zero-order valence-corrected chi connectivity index (χ0v) is 22.4. The molecular weight excluding hydrogens is 532 g/mol. The van der Waals surface area contributed by atoms with Gasteiger partial charge in [-0.3, -0.25) is 0 Å². The number of rotatable bonds is 11. The van der Waals surface area contributed by atoms with Crippen molar-refractivity contribution in [2.75, 3.05) is 21.0 Å². The molecule has 3 aromatic carbocycles. The van der Waals surface area contributed by atoms with Gasteiger partial charge in [-0.2, -0.15) is 0 Å². The highest BCUT2D eigenvalue weighted by Gasteiger charge is 2.30. The summed E-state index contributed by atoms with van der Waals surface area (Å²) in [5.74, 6) is 0.000926. The molecule has 212 valence electrons. The van der Waals surface area contributed by atoms with E-state index in [1.807, 2.05) is 12.1 Å². The Bertz CT molecular complexity index is 1520. The molecule has 0 aromatic heterocycles. The number of hydrogen-bond donors (Lipinski definition) is 2. The van der Waals surface area contributed by atoms with Crippen LogP contribution in [0.4, 0.5) is 0 Å². The second-order valence-electron chi connectivity index (χ2n) is 9.30. The molecule has 0 radical (unpaired) electrons. The number of benzene rings is 3. The molecule has 0 spiro atoms. The minimum atomic E-state index is -1.10. The number of carboxylic acid groups (broad SMARTS) is 2. The molecule has 3 aromatic rings. The van der Waals surface area contributed by atoms with Gasteiger partial charge in [0.25, 0.3) is 0 Å². The first-order chi connectivity index (χ1) is 19.9. The predicted octanol–water partition coefficient (Wildman–Crippen LogP) is 4.96. The van der Waals surface area contributed by atoms with Crippen molar-refractivity contribution < 1.29 is 48.2 Å². The normalized spacial score (nSPS) is 17.2. The van der Waals surface area contributed by atoms with Crippen LogP contribution in [-0.4, -0.2) is 49.3 Å². The van der Waals surface area contributed by atoms with Crippen LogP contribution in [0.5, 0.6) is 28.7 Å². The van der Waals surface area contributed by atoms with Crippen LogP contribution in [0.15, 0.2) is 78.6 Å². The summed E-state index contributed by atoms with van der Waals surface area (Å²) >= 11 is 0. The first-order valence-corrected chi connectivity index (χ1v) is 12.7. The van der Waals surface area contributed by atoms with E-state index in [-0.39, 0.29) is 31.0 Å². The summed E-state index contributed by atoms with van der Waals surface area (Å²) in [7, 11) is 3.04. The lowest BCUT2D eigenvalue weighted by Gasteiger charge is -2.21. The minimum absolute atomic E-state index is 0.00469. The highest BCUT2D eigenvalue weighted by molar-refractivity contribution is 5.89. The summed E-state index contributed by atoms with van der Waals surface area (Å²) in [6, 6.07) is 15.3. The Labute approximate surface area is 235 Å².